The molecule has 2 N–H and O–H groups in total. The Morgan fingerprint density at radius 3 is 2.79 bits per heavy atom. The topological polar surface area (TPSA) is 82.8 Å². The largest absolute Gasteiger partial charge is 0.467 e. The molecule has 0 spiro atoms. The highest BCUT2D eigenvalue weighted by molar-refractivity contribution is 5.87. The molecule has 0 saturated carbocycles. The molecule has 1 aromatic heterocycles. The molecule has 2 rings (SSSR count). The number of nitrogens with one attached hydrogen (secondary N) is 1. The predicted molar refractivity (Wildman–Crippen MR) is 67.0 cm³/mol. The Morgan fingerprint density at radius 1 is 1.42 bits per heavy atom. The van der Waals surface area contributed by atoms with E-state index < -0.39 is 6.10 Å². The molecule has 0 aliphatic carbocycles. The van der Waals surface area contributed by atoms with Gasteiger partial charge in [-0.05, 0) is 25.0 Å². The molecule has 0 unspecified atom stereocenters. The van der Waals surface area contributed by atoms with Crippen molar-refractivity contribution < 1.29 is 19.1 Å². The Bertz CT molecular complexity index is 424. The SMILES string of the molecule is O=C(C[C@@H](O)C(=O)N1CCCC1)NCc1ccco1. The number of aliphatic hydroxyl groups is 1. The fourth-order valence-corrected chi connectivity index (χ4v) is 2.08. The van der Waals surface area contributed by atoms with Crippen LogP contribution in [0.4, 0.5) is 0 Å². The summed E-state index contributed by atoms with van der Waals surface area (Å²) in [6, 6.07) is 3.47. The highest BCUT2D eigenvalue weighted by Gasteiger charge is 2.26. The molecule has 0 radical (unpaired) electrons. The normalized spacial score (nSPS) is 16.4. The van der Waals surface area contributed by atoms with Crippen molar-refractivity contribution in [2.75, 3.05) is 13.1 Å². The molecule has 2 amide bonds. The van der Waals surface area contributed by atoms with Gasteiger partial charge in [0.1, 0.15) is 11.9 Å². The number of nitrogens with zero attached hydrogens (tertiary/aromatic N) is 1. The van der Waals surface area contributed by atoms with E-state index in [1.54, 1.807) is 17.0 Å². The number of carbonyl (C=O) groups is 2. The summed E-state index contributed by atoms with van der Waals surface area (Å²) in [5.74, 6) is -0.0872. The minimum atomic E-state index is -1.25. The first kappa shape index (κ1) is 13.6. The first-order valence-corrected chi connectivity index (χ1v) is 6.43. The van der Waals surface area contributed by atoms with Gasteiger partial charge in [-0.3, -0.25) is 9.59 Å². The van der Waals surface area contributed by atoms with Gasteiger partial charge in [-0.1, -0.05) is 0 Å². The van der Waals surface area contributed by atoms with E-state index >= 15 is 0 Å². The molecule has 1 aromatic rings. The maximum absolute atomic E-state index is 11.8. The summed E-state index contributed by atoms with van der Waals surface area (Å²) in [5.41, 5.74) is 0. The number of hydrogen-bond donors (Lipinski definition) is 2. The number of amides is 2. The molecule has 0 bridgehead atoms. The lowest BCUT2D eigenvalue weighted by Crippen LogP contribution is -2.40. The summed E-state index contributed by atoms with van der Waals surface area (Å²) in [5, 5.41) is 12.3. The number of aliphatic hydroxyl groups excluding tert-OH is 1. The Hall–Kier alpha value is -1.82. The molecule has 1 aliphatic rings. The third-order valence-electron chi connectivity index (χ3n) is 3.12. The van der Waals surface area contributed by atoms with Gasteiger partial charge in [0.2, 0.25) is 5.91 Å². The van der Waals surface area contributed by atoms with Crippen molar-refractivity contribution in [1.82, 2.24) is 10.2 Å². The van der Waals surface area contributed by atoms with Crippen molar-refractivity contribution in [3.63, 3.8) is 0 Å². The van der Waals surface area contributed by atoms with Crippen LogP contribution in [0, 0.1) is 0 Å². The van der Waals surface area contributed by atoms with Crippen LogP contribution in [0.25, 0.3) is 0 Å². The Kier molecular flexibility index (Phi) is 4.57. The Morgan fingerprint density at radius 2 is 2.16 bits per heavy atom. The summed E-state index contributed by atoms with van der Waals surface area (Å²) in [6.45, 7) is 1.60. The molecular weight excluding hydrogens is 248 g/mol. The van der Waals surface area contributed by atoms with E-state index in [1.165, 1.54) is 6.26 Å². The quantitative estimate of drug-likeness (QED) is 0.801. The molecule has 6 nitrogen and oxygen atoms in total. The van der Waals surface area contributed by atoms with E-state index in [0.29, 0.717) is 18.8 Å². The first-order valence-electron chi connectivity index (χ1n) is 6.43. The highest BCUT2D eigenvalue weighted by Crippen LogP contribution is 2.10. The number of hydrogen-bond acceptors (Lipinski definition) is 4. The number of likely N-dealkylation sites (tertiary alicyclic amines) is 1. The van der Waals surface area contributed by atoms with E-state index in [2.05, 4.69) is 5.32 Å². The third-order valence-corrected chi connectivity index (χ3v) is 3.12. The number of furan rings is 1. The summed E-state index contributed by atoms with van der Waals surface area (Å²) < 4.78 is 5.07. The van der Waals surface area contributed by atoms with Gasteiger partial charge in [0.15, 0.2) is 0 Å². The van der Waals surface area contributed by atoms with E-state index in [4.69, 9.17) is 4.42 Å². The van der Waals surface area contributed by atoms with Gasteiger partial charge in [0.05, 0.1) is 19.2 Å². The van der Waals surface area contributed by atoms with Gasteiger partial charge in [-0.2, -0.15) is 0 Å². The maximum atomic E-state index is 11.8. The Labute approximate surface area is 111 Å². The van der Waals surface area contributed by atoms with Crippen LogP contribution in [0.3, 0.4) is 0 Å². The van der Waals surface area contributed by atoms with Gasteiger partial charge in [0, 0.05) is 13.1 Å². The summed E-state index contributed by atoms with van der Waals surface area (Å²) in [6.07, 6.45) is 1.98. The van der Waals surface area contributed by atoms with Gasteiger partial charge in [0.25, 0.3) is 5.91 Å². The van der Waals surface area contributed by atoms with E-state index in [0.717, 1.165) is 12.8 Å². The van der Waals surface area contributed by atoms with Crippen molar-refractivity contribution in [1.29, 1.82) is 0 Å². The molecular formula is C13H18N2O4. The van der Waals surface area contributed by atoms with Gasteiger partial charge in [-0.15, -0.1) is 0 Å². The van der Waals surface area contributed by atoms with Crippen LogP contribution in [0.5, 0.6) is 0 Å². The van der Waals surface area contributed by atoms with Crippen LogP contribution in [0.15, 0.2) is 22.8 Å². The molecule has 2 heterocycles. The molecule has 1 saturated heterocycles. The minimum Gasteiger partial charge on any atom is -0.467 e. The molecule has 104 valence electrons. The molecule has 1 atom stereocenters. The average Bonchev–Trinajstić information content (AvgIpc) is 3.08. The second-order valence-electron chi connectivity index (χ2n) is 4.61. The monoisotopic (exact) mass is 266 g/mol. The summed E-state index contributed by atoms with van der Waals surface area (Å²) >= 11 is 0. The zero-order valence-corrected chi connectivity index (χ0v) is 10.7. The first-order chi connectivity index (χ1) is 9.16. The summed E-state index contributed by atoms with van der Waals surface area (Å²) in [7, 11) is 0. The van der Waals surface area contributed by atoms with Crippen LogP contribution in [0.1, 0.15) is 25.0 Å². The maximum Gasteiger partial charge on any atom is 0.251 e. The standard InChI is InChI=1S/C13H18N2O4/c16-11(13(18)15-5-1-2-6-15)8-12(17)14-9-10-4-3-7-19-10/h3-4,7,11,16H,1-2,5-6,8-9H2,(H,14,17)/t11-/m1/s1. The fourth-order valence-electron chi connectivity index (χ4n) is 2.08. The van der Waals surface area contributed by atoms with Crippen LogP contribution < -0.4 is 5.32 Å². The highest BCUT2D eigenvalue weighted by atomic mass is 16.3. The fraction of sp³-hybridized carbons (Fsp3) is 0.538. The second-order valence-corrected chi connectivity index (χ2v) is 4.61. The Balaban J connectivity index is 1.73. The van der Waals surface area contributed by atoms with Crippen molar-refractivity contribution in [2.24, 2.45) is 0 Å². The van der Waals surface area contributed by atoms with Gasteiger partial charge in [-0.25, -0.2) is 0 Å². The lowest BCUT2D eigenvalue weighted by atomic mass is 10.2. The average molecular weight is 266 g/mol. The number of carbonyl (C=O) groups excluding carboxylic acids is 2. The minimum absolute atomic E-state index is 0.212. The molecule has 1 aliphatic heterocycles. The van der Waals surface area contributed by atoms with Crippen LogP contribution >= 0.6 is 0 Å². The summed E-state index contributed by atoms with van der Waals surface area (Å²) in [4.78, 5) is 25.0. The zero-order chi connectivity index (χ0) is 13.7. The molecule has 1 fully saturated rings. The van der Waals surface area contributed by atoms with Crippen molar-refractivity contribution in [3.8, 4) is 0 Å². The molecule has 0 aromatic carbocycles. The second kappa shape index (κ2) is 6.38. The van der Waals surface area contributed by atoms with Crippen LogP contribution in [-0.4, -0.2) is 41.0 Å². The van der Waals surface area contributed by atoms with E-state index in [9.17, 15) is 14.7 Å². The van der Waals surface area contributed by atoms with E-state index in [-0.39, 0.29) is 24.8 Å². The predicted octanol–water partition coefficient (Wildman–Crippen LogP) is 0.269. The van der Waals surface area contributed by atoms with Crippen molar-refractivity contribution in [2.45, 2.75) is 31.9 Å². The van der Waals surface area contributed by atoms with Gasteiger partial charge < -0.3 is 19.7 Å². The third kappa shape index (κ3) is 3.82. The van der Waals surface area contributed by atoms with Crippen molar-refractivity contribution >= 4 is 11.8 Å². The lowest BCUT2D eigenvalue weighted by Gasteiger charge is -2.19. The number of rotatable bonds is 5. The smallest absolute Gasteiger partial charge is 0.251 e. The van der Waals surface area contributed by atoms with Crippen LogP contribution in [0.2, 0.25) is 0 Å². The van der Waals surface area contributed by atoms with E-state index in [1.807, 2.05) is 0 Å². The van der Waals surface area contributed by atoms with Gasteiger partial charge >= 0.3 is 0 Å². The zero-order valence-electron chi connectivity index (χ0n) is 10.7. The van der Waals surface area contributed by atoms with Crippen molar-refractivity contribution in [3.05, 3.63) is 24.2 Å². The lowest BCUT2D eigenvalue weighted by molar-refractivity contribution is -0.142. The molecule has 19 heavy (non-hydrogen) atoms. The molecule has 6 heteroatoms. The van der Waals surface area contributed by atoms with Crippen LogP contribution in [-0.2, 0) is 16.1 Å².